The largest absolute Gasteiger partial charge is 0.398 e. The van der Waals surface area contributed by atoms with Gasteiger partial charge in [0.2, 0.25) is 0 Å². The summed E-state index contributed by atoms with van der Waals surface area (Å²) in [5, 5.41) is 1.13. The Labute approximate surface area is 112 Å². The van der Waals surface area contributed by atoms with Crippen LogP contribution in [0.15, 0.2) is 46.4 Å². The molecule has 0 saturated heterocycles. The first-order valence-corrected chi connectivity index (χ1v) is 6.92. The van der Waals surface area contributed by atoms with Crippen molar-refractivity contribution in [2.75, 3.05) is 5.73 Å². The molecular formula is C13H11BrN2S. The van der Waals surface area contributed by atoms with E-state index in [1.54, 1.807) is 11.3 Å². The Hall–Kier alpha value is -1.26. The van der Waals surface area contributed by atoms with Gasteiger partial charge in [-0.25, -0.2) is 0 Å². The first kappa shape index (κ1) is 10.9. The molecule has 0 aliphatic carbocycles. The van der Waals surface area contributed by atoms with Gasteiger partial charge in [0.05, 0.1) is 15.8 Å². The van der Waals surface area contributed by atoms with E-state index in [4.69, 9.17) is 5.73 Å². The second-order valence-electron chi connectivity index (χ2n) is 3.93. The fourth-order valence-corrected chi connectivity index (χ4v) is 3.47. The first-order valence-electron chi connectivity index (χ1n) is 5.31. The summed E-state index contributed by atoms with van der Waals surface area (Å²) in [4.78, 5) is 1.33. The lowest BCUT2D eigenvalue weighted by Gasteiger charge is -2.03. The summed E-state index contributed by atoms with van der Waals surface area (Å²) < 4.78 is 3.40. The van der Waals surface area contributed by atoms with Crippen molar-refractivity contribution in [3.63, 3.8) is 0 Å². The summed E-state index contributed by atoms with van der Waals surface area (Å²) in [5.41, 5.74) is 7.98. The molecule has 0 amide bonds. The van der Waals surface area contributed by atoms with E-state index < -0.39 is 0 Å². The van der Waals surface area contributed by atoms with E-state index in [-0.39, 0.29) is 0 Å². The van der Waals surface area contributed by atoms with Crippen LogP contribution < -0.4 is 5.73 Å². The number of halogens is 1. The van der Waals surface area contributed by atoms with Gasteiger partial charge in [0.15, 0.2) is 0 Å². The SMILES string of the molecule is Nc1cccc2c1ccn2Cc1ccc(Br)s1. The number of benzene rings is 1. The van der Waals surface area contributed by atoms with Gasteiger partial charge in [0, 0.05) is 22.1 Å². The predicted octanol–water partition coefficient (Wildman–Crippen LogP) is 4.10. The fraction of sp³-hybridized carbons (Fsp3) is 0.0769. The van der Waals surface area contributed by atoms with Gasteiger partial charge in [-0.2, -0.15) is 0 Å². The number of hydrogen-bond acceptors (Lipinski definition) is 2. The minimum Gasteiger partial charge on any atom is -0.398 e. The van der Waals surface area contributed by atoms with E-state index in [1.165, 1.54) is 14.2 Å². The van der Waals surface area contributed by atoms with Gasteiger partial charge in [-0.3, -0.25) is 0 Å². The minimum absolute atomic E-state index is 0.841. The Morgan fingerprint density at radius 1 is 1.18 bits per heavy atom. The Morgan fingerprint density at radius 2 is 2.06 bits per heavy atom. The summed E-state index contributed by atoms with van der Waals surface area (Å²) >= 11 is 5.25. The van der Waals surface area contributed by atoms with E-state index in [0.717, 1.165) is 17.6 Å². The lowest BCUT2D eigenvalue weighted by atomic mass is 10.2. The monoisotopic (exact) mass is 306 g/mol. The number of anilines is 1. The number of nitrogens with two attached hydrogens (primary N) is 1. The van der Waals surface area contributed by atoms with Crippen molar-refractivity contribution in [1.29, 1.82) is 0 Å². The lowest BCUT2D eigenvalue weighted by molar-refractivity contribution is 0.852. The standard InChI is InChI=1S/C13H11BrN2S/c14-13-5-4-9(17-13)8-16-7-6-10-11(15)2-1-3-12(10)16/h1-7H,8,15H2. The molecule has 0 radical (unpaired) electrons. The summed E-state index contributed by atoms with van der Waals surface area (Å²) in [6.07, 6.45) is 2.09. The molecule has 3 rings (SSSR count). The van der Waals surface area contributed by atoms with Gasteiger partial charge in [-0.05, 0) is 46.3 Å². The second-order valence-corrected chi connectivity index (χ2v) is 6.48. The Balaban J connectivity index is 2.04. The average Bonchev–Trinajstić information content (AvgIpc) is 2.88. The molecule has 86 valence electrons. The van der Waals surface area contributed by atoms with Crippen LogP contribution in [0.1, 0.15) is 4.88 Å². The van der Waals surface area contributed by atoms with Crippen LogP contribution in [0.5, 0.6) is 0 Å². The average molecular weight is 307 g/mol. The Morgan fingerprint density at radius 3 is 2.82 bits per heavy atom. The van der Waals surface area contributed by atoms with E-state index in [0.29, 0.717) is 0 Å². The molecule has 0 fully saturated rings. The van der Waals surface area contributed by atoms with E-state index in [1.807, 2.05) is 12.1 Å². The molecule has 2 heterocycles. The molecule has 17 heavy (non-hydrogen) atoms. The third kappa shape index (κ3) is 1.98. The van der Waals surface area contributed by atoms with Crippen LogP contribution in [0.4, 0.5) is 5.69 Å². The van der Waals surface area contributed by atoms with Crippen LogP contribution >= 0.6 is 27.3 Å². The molecule has 2 nitrogen and oxygen atoms in total. The van der Waals surface area contributed by atoms with Crippen LogP contribution in [-0.4, -0.2) is 4.57 Å². The van der Waals surface area contributed by atoms with Gasteiger partial charge < -0.3 is 10.3 Å². The fourth-order valence-electron chi connectivity index (χ4n) is 1.99. The molecule has 0 atom stereocenters. The van der Waals surface area contributed by atoms with Crippen LogP contribution in [0, 0.1) is 0 Å². The quantitative estimate of drug-likeness (QED) is 0.710. The number of hydrogen-bond donors (Lipinski definition) is 1. The van der Waals surface area contributed by atoms with Gasteiger partial charge in [-0.1, -0.05) is 6.07 Å². The zero-order valence-corrected chi connectivity index (χ0v) is 11.5. The predicted molar refractivity (Wildman–Crippen MR) is 77.5 cm³/mol. The summed E-state index contributed by atoms with van der Waals surface area (Å²) in [5.74, 6) is 0. The van der Waals surface area contributed by atoms with Gasteiger partial charge >= 0.3 is 0 Å². The topological polar surface area (TPSA) is 30.9 Å². The van der Waals surface area contributed by atoms with Gasteiger partial charge in [0.1, 0.15) is 0 Å². The number of aromatic nitrogens is 1. The van der Waals surface area contributed by atoms with Crippen molar-refractivity contribution in [1.82, 2.24) is 4.57 Å². The van der Waals surface area contributed by atoms with Crippen molar-refractivity contribution in [2.45, 2.75) is 6.54 Å². The molecule has 0 aliphatic heterocycles. The third-order valence-corrected chi connectivity index (χ3v) is 4.41. The number of fused-ring (bicyclic) bond motifs is 1. The van der Waals surface area contributed by atoms with Gasteiger partial charge in [-0.15, -0.1) is 11.3 Å². The molecule has 2 aromatic heterocycles. The van der Waals surface area contributed by atoms with Crippen LogP contribution in [0.3, 0.4) is 0 Å². The van der Waals surface area contributed by atoms with Crippen molar-refractivity contribution >= 4 is 43.9 Å². The first-order chi connectivity index (χ1) is 8.24. The van der Waals surface area contributed by atoms with Crippen molar-refractivity contribution in [3.05, 3.63) is 51.3 Å². The van der Waals surface area contributed by atoms with E-state index >= 15 is 0 Å². The Kier molecular flexibility index (Phi) is 2.68. The molecule has 3 aromatic rings. The molecule has 1 aromatic carbocycles. The molecule has 0 aliphatic rings. The lowest BCUT2D eigenvalue weighted by Crippen LogP contribution is -1.95. The van der Waals surface area contributed by atoms with Gasteiger partial charge in [0.25, 0.3) is 0 Å². The maximum atomic E-state index is 5.95. The number of nitrogen functional groups attached to an aromatic ring is 1. The number of rotatable bonds is 2. The molecule has 2 N–H and O–H groups in total. The maximum Gasteiger partial charge on any atom is 0.0702 e. The van der Waals surface area contributed by atoms with E-state index in [2.05, 4.69) is 51.0 Å². The summed E-state index contributed by atoms with van der Waals surface area (Å²) in [6, 6.07) is 12.3. The summed E-state index contributed by atoms with van der Waals surface area (Å²) in [7, 11) is 0. The molecular weight excluding hydrogens is 296 g/mol. The van der Waals surface area contributed by atoms with Crippen molar-refractivity contribution < 1.29 is 0 Å². The molecule has 0 saturated carbocycles. The highest BCUT2D eigenvalue weighted by atomic mass is 79.9. The van der Waals surface area contributed by atoms with Crippen LogP contribution in [0.25, 0.3) is 10.9 Å². The smallest absolute Gasteiger partial charge is 0.0702 e. The molecule has 0 unspecified atom stereocenters. The Bertz CT molecular complexity index is 669. The maximum absolute atomic E-state index is 5.95. The van der Waals surface area contributed by atoms with Crippen molar-refractivity contribution in [3.8, 4) is 0 Å². The van der Waals surface area contributed by atoms with E-state index in [9.17, 15) is 0 Å². The number of nitrogens with zero attached hydrogens (tertiary/aromatic N) is 1. The van der Waals surface area contributed by atoms with Crippen LogP contribution in [-0.2, 0) is 6.54 Å². The number of thiophene rings is 1. The summed E-state index contributed by atoms with van der Waals surface area (Å²) in [6.45, 7) is 0.892. The molecule has 0 spiro atoms. The normalized spacial score (nSPS) is 11.1. The molecule has 0 bridgehead atoms. The second kappa shape index (κ2) is 4.20. The minimum atomic E-state index is 0.841. The highest BCUT2D eigenvalue weighted by Gasteiger charge is 2.05. The highest BCUT2D eigenvalue weighted by Crippen LogP contribution is 2.26. The molecule has 4 heteroatoms. The highest BCUT2D eigenvalue weighted by molar-refractivity contribution is 9.11. The zero-order chi connectivity index (χ0) is 11.8. The van der Waals surface area contributed by atoms with Crippen LogP contribution in [0.2, 0.25) is 0 Å². The zero-order valence-electron chi connectivity index (χ0n) is 9.06. The van der Waals surface area contributed by atoms with Crippen molar-refractivity contribution in [2.24, 2.45) is 0 Å². The third-order valence-electron chi connectivity index (χ3n) is 2.80.